The molecule has 23 heavy (non-hydrogen) atoms. The van der Waals surface area contributed by atoms with Crippen LogP contribution in [-0.2, 0) is 22.5 Å². The van der Waals surface area contributed by atoms with Crippen LogP contribution >= 0.6 is 0 Å². The van der Waals surface area contributed by atoms with Crippen molar-refractivity contribution in [1.29, 1.82) is 0 Å². The van der Waals surface area contributed by atoms with Crippen LogP contribution in [0, 0.1) is 0 Å². The molecule has 7 heteroatoms. The molecule has 0 atom stereocenters. The number of carbonyl (C=O) groups is 2. The van der Waals surface area contributed by atoms with E-state index in [-0.39, 0.29) is 12.0 Å². The normalized spacial score (nSPS) is 18.8. The van der Waals surface area contributed by atoms with Gasteiger partial charge in [0.05, 0.1) is 17.8 Å². The Bertz CT molecular complexity index is 617. The monoisotopic (exact) mass is 321 g/mol. The maximum absolute atomic E-state index is 12.3. The van der Waals surface area contributed by atoms with Gasteiger partial charge < -0.3 is 14.2 Å². The van der Waals surface area contributed by atoms with Gasteiger partial charge in [-0.15, -0.1) is 0 Å². The predicted molar refractivity (Wildman–Crippen MR) is 83.1 cm³/mol. The van der Waals surface area contributed by atoms with Gasteiger partial charge in [-0.25, -0.2) is 4.79 Å². The summed E-state index contributed by atoms with van der Waals surface area (Å²) >= 11 is 0. The number of nitrogens with zero attached hydrogens (tertiary/aromatic N) is 3. The molecule has 0 unspecified atom stereocenters. The summed E-state index contributed by atoms with van der Waals surface area (Å²) in [7, 11) is 0. The Balaban J connectivity index is 1.78. The number of fused-ring (bicyclic) bond motifs is 1. The number of amides is 2. The molecule has 0 aromatic carbocycles. The second-order valence-electron chi connectivity index (χ2n) is 7.07. The van der Waals surface area contributed by atoms with Gasteiger partial charge in [0, 0.05) is 25.9 Å². The van der Waals surface area contributed by atoms with Gasteiger partial charge in [-0.3, -0.25) is 9.69 Å². The fourth-order valence-corrected chi connectivity index (χ4v) is 2.91. The number of anilines is 1. The summed E-state index contributed by atoms with van der Waals surface area (Å²) in [5.74, 6) is 0.558. The van der Waals surface area contributed by atoms with E-state index in [0.29, 0.717) is 38.4 Å². The summed E-state index contributed by atoms with van der Waals surface area (Å²) in [6.07, 6.45) is 2.66. The zero-order valence-electron chi connectivity index (χ0n) is 13.9. The summed E-state index contributed by atoms with van der Waals surface area (Å²) in [5, 5.41) is 4.09. The van der Waals surface area contributed by atoms with Gasteiger partial charge in [0.15, 0.2) is 0 Å². The molecule has 3 heterocycles. The molecule has 0 N–H and O–H groups in total. The SMILES string of the molecule is CC(C)(C)OC(=O)N1CCc2noc(N3CCCCC3=O)c2C1. The highest BCUT2D eigenvalue weighted by atomic mass is 16.6. The number of rotatable bonds is 1. The lowest BCUT2D eigenvalue weighted by Crippen LogP contribution is -2.41. The summed E-state index contributed by atoms with van der Waals surface area (Å²) in [4.78, 5) is 27.7. The first kappa shape index (κ1) is 15.8. The van der Waals surface area contributed by atoms with Crippen molar-refractivity contribution < 1.29 is 18.8 Å². The van der Waals surface area contributed by atoms with E-state index in [0.717, 1.165) is 24.1 Å². The van der Waals surface area contributed by atoms with Crippen LogP contribution in [0.15, 0.2) is 4.52 Å². The Morgan fingerprint density at radius 1 is 1.22 bits per heavy atom. The molecular formula is C16H23N3O4. The first-order chi connectivity index (χ1) is 10.8. The number of piperidine rings is 1. The van der Waals surface area contributed by atoms with Crippen LogP contribution in [0.25, 0.3) is 0 Å². The van der Waals surface area contributed by atoms with E-state index < -0.39 is 5.60 Å². The van der Waals surface area contributed by atoms with E-state index in [1.54, 1.807) is 9.80 Å². The average molecular weight is 321 g/mol. The Hall–Kier alpha value is -2.05. The minimum atomic E-state index is -0.530. The van der Waals surface area contributed by atoms with Crippen molar-refractivity contribution in [1.82, 2.24) is 10.1 Å². The first-order valence-corrected chi connectivity index (χ1v) is 8.11. The molecule has 0 spiro atoms. The Morgan fingerprint density at radius 3 is 2.70 bits per heavy atom. The van der Waals surface area contributed by atoms with Crippen LogP contribution in [0.2, 0.25) is 0 Å². The van der Waals surface area contributed by atoms with Crippen LogP contribution < -0.4 is 4.90 Å². The molecule has 1 aromatic rings. The minimum Gasteiger partial charge on any atom is -0.444 e. The van der Waals surface area contributed by atoms with Crippen molar-refractivity contribution in [3.05, 3.63) is 11.3 Å². The van der Waals surface area contributed by atoms with Gasteiger partial charge in [0.1, 0.15) is 5.60 Å². The number of ether oxygens (including phenoxy) is 1. The molecule has 126 valence electrons. The fraction of sp³-hybridized carbons (Fsp3) is 0.688. The highest BCUT2D eigenvalue weighted by Gasteiger charge is 2.33. The lowest BCUT2D eigenvalue weighted by atomic mass is 10.1. The van der Waals surface area contributed by atoms with E-state index in [1.165, 1.54) is 0 Å². The fourth-order valence-electron chi connectivity index (χ4n) is 2.91. The molecule has 0 bridgehead atoms. The van der Waals surface area contributed by atoms with Crippen molar-refractivity contribution in [3.8, 4) is 0 Å². The molecule has 0 saturated carbocycles. The van der Waals surface area contributed by atoms with Crippen LogP contribution in [-0.4, -0.2) is 40.7 Å². The minimum absolute atomic E-state index is 0.0598. The maximum atomic E-state index is 12.3. The van der Waals surface area contributed by atoms with Crippen molar-refractivity contribution in [2.75, 3.05) is 18.0 Å². The Labute approximate surface area is 135 Å². The van der Waals surface area contributed by atoms with Gasteiger partial charge in [-0.05, 0) is 33.6 Å². The molecular weight excluding hydrogens is 298 g/mol. The van der Waals surface area contributed by atoms with Crippen LogP contribution in [0.5, 0.6) is 0 Å². The maximum Gasteiger partial charge on any atom is 0.410 e. The third-order valence-corrected chi connectivity index (χ3v) is 4.04. The van der Waals surface area contributed by atoms with Crippen molar-refractivity contribution in [2.24, 2.45) is 0 Å². The second kappa shape index (κ2) is 5.86. The van der Waals surface area contributed by atoms with E-state index in [2.05, 4.69) is 5.16 Å². The average Bonchev–Trinajstić information content (AvgIpc) is 2.89. The summed E-state index contributed by atoms with van der Waals surface area (Å²) in [6, 6.07) is 0. The molecule has 0 radical (unpaired) electrons. The number of aromatic nitrogens is 1. The molecule has 7 nitrogen and oxygen atoms in total. The number of hydrogen-bond acceptors (Lipinski definition) is 5. The van der Waals surface area contributed by atoms with E-state index in [4.69, 9.17) is 9.26 Å². The van der Waals surface area contributed by atoms with Gasteiger partial charge in [0.2, 0.25) is 11.8 Å². The largest absolute Gasteiger partial charge is 0.444 e. The summed E-state index contributed by atoms with van der Waals surface area (Å²) in [5.41, 5.74) is 1.13. The highest BCUT2D eigenvalue weighted by Crippen LogP contribution is 2.31. The van der Waals surface area contributed by atoms with Crippen LogP contribution in [0.4, 0.5) is 10.7 Å². The molecule has 1 saturated heterocycles. The quantitative estimate of drug-likeness (QED) is 0.794. The molecule has 2 amide bonds. The molecule has 2 aliphatic heterocycles. The Kier molecular flexibility index (Phi) is 4.04. The highest BCUT2D eigenvalue weighted by molar-refractivity contribution is 5.93. The lowest BCUT2D eigenvalue weighted by Gasteiger charge is -2.31. The van der Waals surface area contributed by atoms with E-state index >= 15 is 0 Å². The smallest absolute Gasteiger partial charge is 0.410 e. The van der Waals surface area contributed by atoms with Gasteiger partial charge in [-0.1, -0.05) is 5.16 Å². The third-order valence-electron chi connectivity index (χ3n) is 4.04. The number of hydrogen-bond donors (Lipinski definition) is 0. The topological polar surface area (TPSA) is 75.9 Å². The molecule has 3 rings (SSSR count). The van der Waals surface area contributed by atoms with E-state index in [1.807, 2.05) is 20.8 Å². The van der Waals surface area contributed by atoms with Crippen LogP contribution in [0.3, 0.4) is 0 Å². The first-order valence-electron chi connectivity index (χ1n) is 8.11. The zero-order chi connectivity index (χ0) is 16.6. The lowest BCUT2D eigenvalue weighted by molar-refractivity contribution is -0.119. The summed E-state index contributed by atoms with van der Waals surface area (Å²) in [6.45, 7) is 7.09. The van der Waals surface area contributed by atoms with Crippen molar-refractivity contribution in [2.45, 2.75) is 58.6 Å². The zero-order valence-corrected chi connectivity index (χ0v) is 13.9. The van der Waals surface area contributed by atoms with Crippen molar-refractivity contribution >= 4 is 17.9 Å². The standard InChI is InChI=1S/C16H23N3O4/c1-16(2,3)22-15(21)18-9-7-12-11(10-18)14(23-17-12)19-8-5-4-6-13(19)20/h4-10H2,1-3H3. The molecule has 0 aliphatic carbocycles. The Morgan fingerprint density at radius 2 is 2.00 bits per heavy atom. The van der Waals surface area contributed by atoms with Crippen molar-refractivity contribution in [3.63, 3.8) is 0 Å². The molecule has 1 aromatic heterocycles. The van der Waals surface area contributed by atoms with Gasteiger partial charge >= 0.3 is 6.09 Å². The van der Waals surface area contributed by atoms with Gasteiger partial charge in [0.25, 0.3) is 0 Å². The second-order valence-corrected chi connectivity index (χ2v) is 7.07. The predicted octanol–water partition coefficient (Wildman–Crippen LogP) is 2.48. The van der Waals surface area contributed by atoms with E-state index in [9.17, 15) is 9.59 Å². The molecule has 2 aliphatic rings. The number of carbonyl (C=O) groups excluding carboxylic acids is 2. The van der Waals surface area contributed by atoms with Gasteiger partial charge in [-0.2, -0.15) is 0 Å². The summed E-state index contributed by atoms with van der Waals surface area (Å²) < 4.78 is 10.9. The third kappa shape index (κ3) is 3.33. The van der Waals surface area contributed by atoms with Crippen LogP contribution in [0.1, 0.15) is 51.3 Å². The molecule has 1 fully saturated rings.